The molecule has 1 saturated heterocycles. The Morgan fingerprint density at radius 2 is 2.00 bits per heavy atom. The summed E-state index contributed by atoms with van der Waals surface area (Å²) in [5, 5.41) is 3.58. The second-order valence-electron chi connectivity index (χ2n) is 5.90. The van der Waals surface area contributed by atoms with Gasteiger partial charge in [0.1, 0.15) is 0 Å². The van der Waals surface area contributed by atoms with E-state index >= 15 is 0 Å². The fraction of sp³-hybridized carbons (Fsp3) is 1.00. The Morgan fingerprint density at radius 1 is 1.31 bits per heavy atom. The molecule has 0 spiro atoms. The molecule has 1 aliphatic heterocycles. The van der Waals surface area contributed by atoms with Gasteiger partial charge in [0, 0.05) is 13.1 Å². The highest BCUT2D eigenvalue weighted by atomic mass is 16.5. The molecule has 3 nitrogen and oxygen atoms in total. The standard InChI is InChI=1S/C13H26N2O/c1-13(2)10-12(13)11-14-4-3-5-15-6-8-16-9-7-15/h12,14H,3-11H2,1-2H3. The van der Waals surface area contributed by atoms with Crippen LogP contribution in [0.4, 0.5) is 0 Å². The van der Waals surface area contributed by atoms with E-state index in [1.807, 2.05) is 0 Å². The van der Waals surface area contributed by atoms with Crippen molar-refractivity contribution in [2.24, 2.45) is 11.3 Å². The van der Waals surface area contributed by atoms with Gasteiger partial charge in [0.25, 0.3) is 0 Å². The summed E-state index contributed by atoms with van der Waals surface area (Å²) < 4.78 is 5.33. The lowest BCUT2D eigenvalue weighted by Crippen LogP contribution is -2.37. The number of morpholine rings is 1. The molecule has 0 aromatic carbocycles. The highest BCUT2D eigenvalue weighted by molar-refractivity contribution is 4.95. The molecule has 1 N–H and O–H groups in total. The van der Waals surface area contributed by atoms with Crippen molar-refractivity contribution in [1.29, 1.82) is 0 Å². The number of nitrogens with one attached hydrogen (secondary N) is 1. The lowest BCUT2D eigenvalue weighted by Gasteiger charge is -2.26. The Balaban J connectivity index is 1.43. The largest absolute Gasteiger partial charge is 0.379 e. The molecule has 1 saturated carbocycles. The van der Waals surface area contributed by atoms with Gasteiger partial charge in [-0.05, 0) is 43.8 Å². The normalized spacial score (nSPS) is 29.2. The van der Waals surface area contributed by atoms with Crippen molar-refractivity contribution >= 4 is 0 Å². The maximum atomic E-state index is 5.33. The van der Waals surface area contributed by atoms with Gasteiger partial charge in [0.05, 0.1) is 13.2 Å². The molecule has 0 amide bonds. The minimum atomic E-state index is 0.622. The predicted molar refractivity (Wildman–Crippen MR) is 66.6 cm³/mol. The summed E-state index contributed by atoms with van der Waals surface area (Å²) in [4.78, 5) is 2.51. The van der Waals surface area contributed by atoms with Crippen LogP contribution in [0.25, 0.3) is 0 Å². The topological polar surface area (TPSA) is 24.5 Å². The molecule has 0 bridgehead atoms. The number of ether oxygens (including phenoxy) is 1. The van der Waals surface area contributed by atoms with Crippen molar-refractivity contribution in [1.82, 2.24) is 10.2 Å². The third-order valence-corrected chi connectivity index (χ3v) is 4.04. The van der Waals surface area contributed by atoms with Gasteiger partial charge < -0.3 is 10.1 Å². The van der Waals surface area contributed by atoms with Crippen molar-refractivity contribution in [3.63, 3.8) is 0 Å². The molecule has 2 aliphatic rings. The molecule has 1 heterocycles. The van der Waals surface area contributed by atoms with E-state index in [-0.39, 0.29) is 0 Å². The fourth-order valence-corrected chi connectivity index (χ4v) is 2.45. The highest BCUT2D eigenvalue weighted by Crippen LogP contribution is 2.50. The lowest BCUT2D eigenvalue weighted by molar-refractivity contribution is 0.0374. The quantitative estimate of drug-likeness (QED) is 0.692. The zero-order chi connectivity index (χ0) is 11.4. The summed E-state index contributed by atoms with van der Waals surface area (Å²) in [6, 6.07) is 0. The van der Waals surface area contributed by atoms with Gasteiger partial charge in [-0.1, -0.05) is 13.8 Å². The maximum Gasteiger partial charge on any atom is 0.0594 e. The molecule has 3 heteroatoms. The number of nitrogens with zero attached hydrogens (tertiary/aromatic N) is 1. The van der Waals surface area contributed by atoms with Crippen molar-refractivity contribution in [3.05, 3.63) is 0 Å². The average Bonchev–Trinajstić information content (AvgIpc) is 2.87. The predicted octanol–water partition coefficient (Wildman–Crippen LogP) is 1.34. The van der Waals surface area contributed by atoms with Crippen LogP contribution in [0.3, 0.4) is 0 Å². The molecule has 0 aromatic heterocycles. The van der Waals surface area contributed by atoms with Crippen molar-refractivity contribution in [2.75, 3.05) is 45.9 Å². The minimum absolute atomic E-state index is 0.622. The molecular formula is C13H26N2O. The van der Waals surface area contributed by atoms with Crippen LogP contribution in [-0.2, 0) is 4.74 Å². The first-order valence-corrected chi connectivity index (χ1v) is 6.69. The molecule has 94 valence electrons. The summed E-state index contributed by atoms with van der Waals surface area (Å²) in [5.41, 5.74) is 0.622. The molecule has 2 rings (SSSR count). The average molecular weight is 226 g/mol. The van der Waals surface area contributed by atoms with Gasteiger partial charge in [-0.25, -0.2) is 0 Å². The minimum Gasteiger partial charge on any atom is -0.379 e. The van der Waals surface area contributed by atoms with E-state index in [9.17, 15) is 0 Å². The fourth-order valence-electron chi connectivity index (χ4n) is 2.45. The van der Waals surface area contributed by atoms with Gasteiger partial charge in [0.15, 0.2) is 0 Å². The van der Waals surface area contributed by atoms with Gasteiger partial charge in [-0.3, -0.25) is 4.90 Å². The first kappa shape index (κ1) is 12.3. The number of hydrogen-bond acceptors (Lipinski definition) is 3. The molecule has 0 radical (unpaired) electrons. The Labute approximate surface area is 99.5 Å². The van der Waals surface area contributed by atoms with Crippen molar-refractivity contribution < 1.29 is 4.74 Å². The molecular weight excluding hydrogens is 200 g/mol. The second kappa shape index (κ2) is 5.48. The van der Waals surface area contributed by atoms with Crippen LogP contribution < -0.4 is 5.32 Å². The van der Waals surface area contributed by atoms with Crippen LogP contribution in [0.1, 0.15) is 26.7 Å². The third-order valence-electron chi connectivity index (χ3n) is 4.04. The third kappa shape index (κ3) is 3.72. The van der Waals surface area contributed by atoms with Crippen LogP contribution in [0, 0.1) is 11.3 Å². The van der Waals surface area contributed by atoms with Crippen molar-refractivity contribution in [3.8, 4) is 0 Å². The Morgan fingerprint density at radius 3 is 2.62 bits per heavy atom. The van der Waals surface area contributed by atoms with E-state index in [4.69, 9.17) is 4.74 Å². The van der Waals surface area contributed by atoms with Crippen LogP contribution in [-0.4, -0.2) is 50.8 Å². The molecule has 1 aliphatic carbocycles. The molecule has 2 fully saturated rings. The molecule has 16 heavy (non-hydrogen) atoms. The zero-order valence-electron chi connectivity index (χ0n) is 10.8. The summed E-state index contributed by atoms with van der Waals surface area (Å²) >= 11 is 0. The highest BCUT2D eigenvalue weighted by Gasteiger charge is 2.44. The monoisotopic (exact) mass is 226 g/mol. The van der Waals surface area contributed by atoms with E-state index in [1.165, 1.54) is 32.5 Å². The van der Waals surface area contributed by atoms with Crippen molar-refractivity contribution in [2.45, 2.75) is 26.7 Å². The first-order valence-electron chi connectivity index (χ1n) is 6.69. The van der Waals surface area contributed by atoms with Crippen LogP contribution in [0.15, 0.2) is 0 Å². The van der Waals surface area contributed by atoms with Crippen LogP contribution in [0.5, 0.6) is 0 Å². The lowest BCUT2D eigenvalue weighted by atomic mass is 10.1. The Bertz CT molecular complexity index is 212. The van der Waals surface area contributed by atoms with E-state index in [0.29, 0.717) is 5.41 Å². The first-order chi connectivity index (χ1) is 7.68. The molecule has 1 unspecified atom stereocenters. The Hall–Kier alpha value is -0.120. The maximum absolute atomic E-state index is 5.33. The second-order valence-corrected chi connectivity index (χ2v) is 5.90. The van der Waals surface area contributed by atoms with Gasteiger partial charge >= 0.3 is 0 Å². The number of hydrogen-bond donors (Lipinski definition) is 1. The van der Waals surface area contributed by atoms with E-state index in [2.05, 4.69) is 24.1 Å². The summed E-state index contributed by atoms with van der Waals surface area (Å²) in [7, 11) is 0. The van der Waals surface area contributed by atoms with E-state index in [1.54, 1.807) is 0 Å². The Kier molecular flexibility index (Phi) is 4.22. The van der Waals surface area contributed by atoms with E-state index < -0.39 is 0 Å². The molecule has 1 atom stereocenters. The number of rotatable bonds is 6. The molecule has 0 aromatic rings. The van der Waals surface area contributed by atoms with Gasteiger partial charge in [-0.15, -0.1) is 0 Å². The van der Waals surface area contributed by atoms with Crippen LogP contribution >= 0.6 is 0 Å². The van der Waals surface area contributed by atoms with Crippen LogP contribution in [0.2, 0.25) is 0 Å². The summed E-state index contributed by atoms with van der Waals surface area (Å²) in [6.45, 7) is 12.4. The van der Waals surface area contributed by atoms with E-state index in [0.717, 1.165) is 32.2 Å². The summed E-state index contributed by atoms with van der Waals surface area (Å²) in [6.07, 6.45) is 2.68. The summed E-state index contributed by atoms with van der Waals surface area (Å²) in [5.74, 6) is 0.927. The van der Waals surface area contributed by atoms with Gasteiger partial charge in [-0.2, -0.15) is 0 Å². The smallest absolute Gasteiger partial charge is 0.0594 e. The zero-order valence-corrected chi connectivity index (χ0v) is 10.8. The van der Waals surface area contributed by atoms with Gasteiger partial charge in [0.2, 0.25) is 0 Å². The SMILES string of the molecule is CC1(C)CC1CNCCCN1CCOCC1.